The van der Waals surface area contributed by atoms with Gasteiger partial charge in [-0.2, -0.15) is 10.2 Å². The summed E-state index contributed by atoms with van der Waals surface area (Å²) in [7, 11) is 0. The van der Waals surface area contributed by atoms with Crippen LogP contribution in [0.4, 0.5) is 5.82 Å². The van der Waals surface area contributed by atoms with Crippen molar-refractivity contribution >= 4 is 22.7 Å². The zero-order chi connectivity index (χ0) is 20.1. The number of anilines is 1. The summed E-state index contributed by atoms with van der Waals surface area (Å²) in [6, 6.07) is 8.83. The molecule has 2 aromatic rings. The van der Waals surface area contributed by atoms with Crippen molar-refractivity contribution in [2.45, 2.75) is 39.2 Å². The van der Waals surface area contributed by atoms with Crippen molar-refractivity contribution in [3.8, 4) is 6.07 Å². The summed E-state index contributed by atoms with van der Waals surface area (Å²) in [5.41, 5.74) is 3.37. The minimum atomic E-state index is -0.705. The Morgan fingerprint density at radius 3 is 2.75 bits per heavy atom. The summed E-state index contributed by atoms with van der Waals surface area (Å²) in [6.07, 6.45) is 2.06. The number of carbonyl (C=O) groups is 1. The van der Waals surface area contributed by atoms with Gasteiger partial charge >= 0.3 is 5.76 Å². The van der Waals surface area contributed by atoms with Crippen LogP contribution in [-0.2, 0) is 4.79 Å². The van der Waals surface area contributed by atoms with Crippen molar-refractivity contribution in [1.82, 2.24) is 15.4 Å². The first-order valence-electron chi connectivity index (χ1n) is 9.57. The average molecular weight is 383 g/mol. The third-order valence-corrected chi connectivity index (χ3v) is 4.82. The first-order chi connectivity index (χ1) is 13.5. The number of nitrogens with zero attached hydrogens (tertiary/aromatic N) is 3. The molecule has 1 saturated heterocycles. The molecule has 0 bridgehead atoms. The minimum absolute atomic E-state index is 0.0526. The maximum absolute atomic E-state index is 12.9. The molecule has 1 aliphatic rings. The van der Waals surface area contributed by atoms with Crippen LogP contribution in [0.5, 0.6) is 0 Å². The van der Waals surface area contributed by atoms with Crippen LogP contribution in [0.2, 0.25) is 0 Å². The second-order valence-corrected chi connectivity index (χ2v) is 7.52. The van der Waals surface area contributed by atoms with Crippen LogP contribution in [0.3, 0.4) is 0 Å². The predicted molar refractivity (Wildman–Crippen MR) is 105 cm³/mol. The van der Waals surface area contributed by atoms with Gasteiger partial charge in [-0.3, -0.25) is 10.2 Å². The first kappa shape index (κ1) is 19.8. The largest absolute Gasteiger partial charge is 0.441 e. The zero-order valence-corrected chi connectivity index (χ0v) is 16.1. The van der Waals surface area contributed by atoms with E-state index in [9.17, 15) is 9.59 Å². The number of rotatable bonds is 6. The molecule has 1 fully saturated rings. The molecule has 3 rings (SSSR count). The van der Waals surface area contributed by atoms with E-state index in [1.807, 2.05) is 24.9 Å². The molecular formula is C20H25N5O3. The number of nitrogens with one attached hydrogen (secondary N) is 2. The number of piperidine rings is 1. The number of nitriles is 1. The zero-order valence-electron chi connectivity index (χ0n) is 16.1. The van der Waals surface area contributed by atoms with Gasteiger partial charge in [-0.15, -0.1) is 0 Å². The van der Waals surface area contributed by atoms with Crippen molar-refractivity contribution in [2.24, 2.45) is 11.8 Å². The lowest BCUT2D eigenvalue weighted by Crippen LogP contribution is -2.51. The smallest absolute Gasteiger partial charge is 0.408 e. The Morgan fingerprint density at radius 1 is 1.36 bits per heavy atom. The van der Waals surface area contributed by atoms with Gasteiger partial charge in [0.25, 0.3) is 5.91 Å². The summed E-state index contributed by atoms with van der Waals surface area (Å²) in [6.45, 7) is 5.36. The minimum Gasteiger partial charge on any atom is -0.408 e. The molecule has 1 aromatic heterocycles. The Labute approximate surface area is 163 Å². The highest BCUT2D eigenvalue weighted by Gasteiger charge is 2.25. The second kappa shape index (κ2) is 8.85. The average Bonchev–Trinajstić information content (AvgIpc) is 2.67. The molecule has 1 aliphatic heterocycles. The molecule has 1 aromatic carbocycles. The van der Waals surface area contributed by atoms with Crippen LogP contribution in [0.1, 0.15) is 33.1 Å². The Balaban J connectivity index is 1.77. The number of carbonyl (C=O) groups excluding carboxylic acids is 1. The molecule has 8 nitrogen and oxygen atoms in total. The third kappa shape index (κ3) is 4.87. The van der Waals surface area contributed by atoms with E-state index in [1.165, 1.54) is 0 Å². The lowest BCUT2D eigenvalue weighted by molar-refractivity contribution is -0.127. The van der Waals surface area contributed by atoms with E-state index in [2.05, 4.69) is 21.8 Å². The molecular weight excluding hydrogens is 358 g/mol. The SMILES string of the molecule is CC(C)CC(Nc1nc(=O)oc2ccccc12)C(=O)NN1CCC(C#N)CC1. The number of fused-ring (bicyclic) bond motifs is 1. The van der Waals surface area contributed by atoms with Crippen molar-refractivity contribution in [3.05, 3.63) is 34.8 Å². The fourth-order valence-corrected chi connectivity index (χ4v) is 3.35. The maximum atomic E-state index is 12.9. The molecule has 2 N–H and O–H groups in total. The van der Waals surface area contributed by atoms with E-state index in [-0.39, 0.29) is 17.7 Å². The number of hydrogen-bond acceptors (Lipinski definition) is 7. The van der Waals surface area contributed by atoms with E-state index < -0.39 is 11.8 Å². The van der Waals surface area contributed by atoms with Crippen molar-refractivity contribution in [3.63, 3.8) is 0 Å². The Hall–Kier alpha value is -2.92. The highest BCUT2D eigenvalue weighted by molar-refractivity contribution is 5.91. The van der Waals surface area contributed by atoms with Gasteiger partial charge in [0, 0.05) is 19.0 Å². The van der Waals surface area contributed by atoms with Crippen LogP contribution in [0, 0.1) is 23.2 Å². The number of benzene rings is 1. The predicted octanol–water partition coefficient (Wildman–Crippen LogP) is 2.28. The highest BCUT2D eigenvalue weighted by Crippen LogP contribution is 2.21. The third-order valence-electron chi connectivity index (χ3n) is 4.82. The van der Waals surface area contributed by atoms with E-state index >= 15 is 0 Å². The maximum Gasteiger partial charge on any atom is 0.441 e. The van der Waals surface area contributed by atoms with Crippen LogP contribution in [0.15, 0.2) is 33.5 Å². The molecule has 1 atom stereocenters. The molecule has 0 spiro atoms. The van der Waals surface area contributed by atoms with E-state index in [0.717, 1.165) is 12.8 Å². The summed E-state index contributed by atoms with van der Waals surface area (Å²) >= 11 is 0. The molecule has 0 saturated carbocycles. The van der Waals surface area contributed by atoms with Crippen molar-refractivity contribution in [1.29, 1.82) is 5.26 Å². The van der Waals surface area contributed by atoms with Crippen LogP contribution in [0.25, 0.3) is 11.0 Å². The fraction of sp³-hybridized carbons (Fsp3) is 0.500. The normalized spacial score (nSPS) is 16.6. The van der Waals surface area contributed by atoms with Gasteiger partial charge in [0.05, 0.1) is 11.5 Å². The molecule has 28 heavy (non-hydrogen) atoms. The Kier molecular flexibility index (Phi) is 6.26. The van der Waals surface area contributed by atoms with Gasteiger partial charge in [-0.05, 0) is 37.3 Å². The van der Waals surface area contributed by atoms with Gasteiger partial charge in [-0.1, -0.05) is 26.0 Å². The highest BCUT2D eigenvalue weighted by atomic mass is 16.4. The van der Waals surface area contributed by atoms with Gasteiger partial charge < -0.3 is 9.73 Å². The molecule has 2 heterocycles. The number of hydrazine groups is 1. The summed E-state index contributed by atoms with van der Waals surface area (Å²) in [5.74, 6) is -0.224. The van der Waals surface area contributed by atoms with Crippen LogP contribution < -0.4 is 16.5 Å². The molecule has 1 unspecified atom stereocenters. The van der Waals surface area contributed by atoms with Gasteiger partial charge in [0.2, 0.25) is 0 Å². The van der Waals surface area contributed by atoms with E-state index in [0.29, 0.717) is 36.3 Å². The quantitative estimate of drug-likeness (QED) is 0.787. The van der Waals surface area contributed by atoms with Crippen molar-refractivity contribution < 1.29 is 9.21 Å². The lowest BCUT2D eigenvalue weighted by atomic mass is 9.99. The molecule has 148 valence electrons. The number of para-hydroxylation sites is 1. The monoisotopic (exact) mass is 383 g/mol. The fourth-order valence-electron chi connectivity index (χ4n) is 3.35. The number of hydrogen-bond donors (Lipinski definition) is 2. The standard InChI is InChI=1S/C20H25N5O3/c1-13(2)11-16(19(26)24-25-9-7-14(12-21)8-10-25)22-18-15-5-3-4-6-17(15)28-20(27)23-18/h3-6,13-14,16H,7-11H2,1-2H3,(H,24,26)(H,22,23,27). The lowest BCUT2D eigenvalue weighted by Gasteiger charge is -2.31. The molecule has 0 aliphatic carbocycles. The van der Waals surface area contributed by atoms with Gasteiger partial charge in [0.1, 0.15) is 17.4 Å². The van der Waals surface area contributed by atoms with Crippen LogP contribution >= 0.6 is 0 Å². The topological polar surface area (TPSA) is 111 Å². The Morgan fingerprint density at radius 2 is 2.07 bits per heavy atom. The summed E-state index contributed by atoms with van der Waals surface area (Å²) in [5, 5.41) is 14.7. The van der Waals surface area contributed by atoms with Crippen molar-refractivity contribution in [2.75, 3.05) is 18.4 Å². The first-order valence-corrected chi connectivity index (χ1v) is 9.57. The number of aromatic nitrogens is 1. The Bertz CT molecular complexity index is 925. The summed E-state index contributed by atoms with van der Waals surface area (Å²) in [4.78, 5) is 28.7. The van der Waals surface area contributed by atoms with E-state index in [1.54, 1.807) is 18.2 Å². The van der Waals surface area contributed by atoms with Gasteiger partial charge in [-0.25, -0.2) is 9.80 Å². The molecule has 8 heteroatoms. The number of amides is 1. The van der Waals surface area contributed by atoms with E-state index in [4.69, 9.17) is 9.68 Å². The second-order valence-electron chi connectivity index (χ2n) is 7.52. The van der Waals surface area contributed by atoms with Gasteiger partial charge in [0.15, 0.2) is 0 Å². The molecule has 1 amide bonds. The molecule has 0 radical (unpaired) electrons. The summed E-state index contributed by atoms with van der Waals surface area (Å²) < 4.78 is 5.13. The van der Waals surface area contributed by atoms with Crippen LogP contribution in [-0.4, -0.2) is 35.0 Å².